The lowest BCUT2D eigenvalue weighted by Crippen LogP contribution is -2.40. The van der Waals surface area contributed by atoms with Crippen LogP contribution in [-0.2, 0) is 24.0 Å². The molecule has 3 saturated heterocycles. The Morgan fingerprint density at radius 1 is 0.969 bits per heavy atom. The fraction of sp³-hybridized carbons (Fsp3) is 0.818. The van der Waals surface area contributed by atoms with Gasteiger partial charge in [0.05, 0.1) is 12.1 Å². The summed E-state index contributed by atoms with van der Waals surface area (Å²) in [4.78, 5) is 51.0. The van der Waals surface area contributed by atoms with Gasteiger partial charge in [-0.05, 0) is 44.3 Å². The molecule has 3 aliphatic rings. The average molecular weight is 470 g/mol. The summed E-state index contributed by atoms with van der Waals surface area (Å²) in [6.45, 7) is 1.40. The largest absolute Gasteiger partial charge is 0.381 e. The zero-order chi connectivity index (χ0) is 22.8. The maximum Gasteiger partial charge on any atom is 0.333 e. The highest BCUT2D eigenvalue weighted by molar-refractivity contribution is 7.99. The molecule has 9 nitrogen and oxygen atoms in total. The van der Waals surface area contributed by atoms with Crippen LogP contribution in [0.2, 0.25) is 0 Å². The van der Waals surface area contributed by atoms with E-state index in [2.05, 4.69) is 10.6 Å². The van der Waals surface area contributed by atoms with Crippen molar-refractivity contribution in [2.45, 2.75) is 94.4 Å². The Morgan fingerprint density at radius 3 is 2.44 bits per heavy atom. The number of hydrogen-bond acceptors (Lipinski definition) is 7. The Bertz CT molecular complexity index is 660. The molecule has 0 unspecified atom stereocenters. The lowest BCUT2D eigenvalue weighted by molar-refractivity contribution is -0.197. The molecule has 3 rings (SSSR count). The molecule has 0 aromatic heterocycles. The maximum absolute atomic E-state index is 11.7. The van der Waals surface area contributed by atoms with Crippen LogP contribution in [-0.4, -0.2) is 65.2 Å². The number of nitrogens with zero attached hydrogens (tertiary/aromatic N) is 1. The highest BCUT2D eigenvalue weighted by Gasteiger charge is 2.38. The Morgan fingerprint density at radius 2 is 1.69 bits per heavy atom. The molecular weight excluding hydrogens is 434 g/mol. The van der Waals surface area contributed by atoms with Crippen molar-refractivity contribution in [2.75, 3.05) is 19.0 Å². The summed E-state index contributed by atoms with van der Waals surface area (Å²) < 4.78 is 5.69. The first-order chi connectivity index (χ1) is 15.5. The van der Waals surface area contributed by atoms with Gasteiger partial charge in [0, 0.05) is 37.7 Å². The van der Waals surface area contributed by atoms with E-state index in [0.29, 0.717) is 23.3 Å². The van der Waals surface area contributed by atoms with Crippen LogP contribution in [0, 0.1) is 0 Å². The van der Waals surface area contributed by atoms with E-state index >= 15 is 0 Å². The van der Waals surface area contributed by atoms with Crippen molar-refractivity contribution in [3.63, 3.8) is 0 Å². The van der Waals surface area contributed by atoms with Crippen LogP contribution in [0.15, 0.2) is 0 Å². The number of nitrogens with one attached hydrogen (secondary N) is 2. The number of thioether (sulfide) groups is 1. The van der Waals surface area contributed by atoms with Crippen molar-refractivity contribution in [1.29, 1.82) is 0 Å². The van der Waals surface area contributed by atoms with Gasteiger partial charge in [0.2, 0.25) is 0 Å². The molecule has 0 aromatic carbocycles. The molecule has 180 valence electrons. The second kappa shape index (κ2) is 13.0. The van der Waals surface area contributed by atoms with Gasteiger partial charge in [-0.3, -0.25) is 9.59 Å². The zero-order valence-corrected chi connectivity index (χ0v) is 19.5. The van der Waals surface area contributed by atoms with Crippen LogP contribution in [0.4, 0.5) is 4.79 Å². The zero-order valence-electron chi connectivity index (χ0n) is 18.6. The van der Waals surface area contributed by atoms with E-state index in [1.54, 1.807) is 0 Å². The molecule has 0 aliphatic carbocycles. The molecule has 0 spiro atoms. The second-order valence-corrected chi connectivity index (χ2v) is 9.97. The number of carbonyl (C=O) groups is 4. The van der Waals surface area contributed by atoms with Crippen molar-refractivity contribution in [2.24, 2.45) is 0 Å². The summed E-state index contributed by atoms with van der Waals surface area (Å²) in [6.07, 6.45) is 9.40. The van der Waals surface area contributed by atoms with Gasteiger partial charge in [-0.2, -0.15) is 11.8 Å². The van der Waals surface area contributed by atoms with Crippen LogP contribution in [0.25, 0.3) is 0 Å². The Labute approximate surface area is 193 Å². The van der Waals surface area contributed by atoms with Crippen molar-refractivity contribution >= 4 is 35.6 Å². The Hall–Kier alpha value is -1.81. The van der Waals surface area contributed by atoms with Crippen molar-refractivity contribution < 1.29 is 28.8 Å². The van der Waals surface area contributed by atoms with E-state index < -0.39 is 17.8 Å². The average Bonchev–Trinajstić information content (AvgIpc) is 3.23. The topological polar surface area (TPSA) is 114 Å². The molecule has 0 bridgehead atoms. The molecule has 0 saturated carbocycles. The van der Waals surface area contributed by atoms with Gasteiger partial charge in [-0.25, -0.2) is 9.59 Å². The van der Waals surface area contributed by atoms with Gasteiger partial charge in [0.1, 0.15) is 0 Å². The highest BCUT2D eigenvalue weighted by atomic mass is 32.2. The van der Waals surface area contributed by atoms with Gasteiger partial charge in [-0.1, -0.05) is 19.3 Å². The molecule has 3 aliphatic heterocycles. The van der Waals surface area contributed by atoms with E-state index in [0.717, 1.165) is 58.0 Å². The maximum atomic E-state index is 11.7. The van der Waals surface area contributed by atoms with Crippen molar-refractivity contribution in [3.8, 4) is 0 Å². The van der Waals surface area contributed by atoms with Gasteiger partial charge in [0.25, 0.3) is 11.8 Å². The number of hydrogen-bond donors (Lipinski definition) is 2. The molecule has 3 fully saturated rings. The number of unbranched alkanes of at least 4 members (excludes halogenated alkanes) is 4. The number of carbonyl (C=O) groups excluding carboxylic acids is 4. The number of rotatable bonds is 13. The fourth-order valence-corrected chi connectivity index (χ4v) is 5.78. The quantitative estimate of drug-likeness (QED) is 0.315. The first-order valence-electron chi connectivity index (χ1n) is 11.9. The minimum absolute atomic E-state index is 0.0189. The van der Waals surface area contributed by atoms with Crippen LogP contribution in [0.3, 0.4) is 0 Å². The van der Waals surface area contributed by atoms with E-state index in [-0.39, 0.29) is 37.4 Å². The van der Waals surface area contributed by atoms with Crippen LogP contribution >= 0.6 is 11.8 Å². The predicted octanol–water partition coefficient (Wildman–Crippen LogP) is 2.68. The third kappa shape index (κ3) is 7.65. The van der Waals surface area contributed by atoms with Crippen LogP contribution in [0.1, 0.15) is 77.0 Å². The third-order valence-corrected chi connectivity index (χ3v) is 7.57. The number of ether oxygens (including phenoxy) is 1. The summed E-state index contributed by atoms with van der Waals surface area (Å²) in [5, 5.41) is 7.25. The summed E-state index contributed by atoms with van der Waals surface area (Å²) >= 11 is 2.00. The predicted molar refractivity (Wildman–Crippen MR) is 120 cm³/mol. The normalized spacial score (nSPS) is 25.3. The molecular formula is C22H35N3O6S. The van der Waals surface area contributed by atoms with Crippen LogP contribution < -0.4 is 10.6 Å². The highest BCUT2D eigenvalue weighted by Crippen LogP contribution is 2.30. The summed E-state index contributed by atoms with van der Waals surface area (Å²) in [5.41, 5.74) is 0. The third-order valence-electron chi connectivity index (χ3n) is 6.09. The summed E-state index contributed by atoms with van der Waals surface area (Å²) in [7, 11) is 0. The van der Waals surface area contributed by atoms with E-state index in [1.807, 2.05) is 11.8 Å². The molecule has 2 N–H and O–H groups in total. The van der Waals surface area contributed by atoms with Crippen molar-refractivity contribution in [1.82, 2.24) is 15.7 Å². The first-order valence-corrected chi connectivity index (χ1v) is 12.9. The van der Waals surface area contributed by atoms with Gasteiger partial charge < -0.3 is 20.2 Å². The number of hydroxylamine groups is 2. The van der Waals surface area contributed by atoms with E-state index in [4.69, 9.17) is 9.57 Å². The fourth-order valence-electron chi connectivity index (χ4n) is 4.34. The molecule has 3 heterocycles. The Balaban J connectivity index is 1.13. The molecule has 3 atom stereocenters. The van der Waals surface area contributed by atoms with Crippen LogP contribution in [0.5, 0.6) is 0 Å². The molecule has 0 radical (unpaired) electrons. The summed E-state index contributed by atoms with van der Waals surface area (Å²) in [5.74, 6) is -0.266. The molecule has 32 heavy (non-hydrogen) atoms. The number of fused-ring (bicyclic) bond motifs is 1. The Kier molecular flexibility index (Phi) is 10.1. The monoisotopic (exact) mass is 469 g/mol. The van der Waals surface area contributed by atoms with Gasteiger partial charge in [0.15, 0.2) is 0 Å². The minimum Gasteiger partial charge on any atom is -0.381 e. The van der Waals surface area contributed by atoms with E-state index in [9.17, 15) is 19.2 Å². The smallest absolute Gasteiger partial charge is 0.333 e. The molecule has 10 heteroatoms. The first kappa shape index (κ1) is 24.8. The number of urea groups is 1. The standard InChI is InChI=1S/C22H35N3O6S/c26-18-11-12-19(27)25(18)31-20(28)10-4-2-6-14-30-13-5-1-3-9-17-21-16(8-7-15-32-17)23-22(29)24-21/h16-17,21H,1-15H2,(H2,23,24,29)/t16-,17+,21+/m1/s1. The number of amides is 4. The molecule has 0 aromatic rings. The minimum atomic E-state index is -0.541. The van der Waals surface area contributed by atoms with Crippen molar-refractivity contribution in [3.05, 3.63) is 0 Å². The number of imide groups is 1. The SMILES string of the molecule is O=C1N[C@@H]2[C@H](CCCCCOCCCCCC(=O)ON3C(=O)CCC3=O)SCCC[C@H]2N1. The van der Waals surface area contributed by atoms with Gasteiger partial charge >= 0.3 is 12.0 Å². The lowest BCUT2D eigenvalue weighted by Gasteiger charge is -2.24. The van der Waals surface area contributed by atoms with Gasteiger partial charge in [-0.15, -0.1) is 5.06 Å². The molecule has 4 amide bonds. The van der Waals surface area contributed by atoms with E-state index in [1.165, 1.54) is 5.75 Å². The summed E-state index contributed by atoms with van der Waals surface area (Å²) in [6, 6.07) is 0.535. The lowest BCUT2D eigenvalue weighted by atomic mass is 9.98. The second-order valence-electron chi connectivity index (χ2n) is 8.62.